The first-order valence-corrected chi connectivity index (χ1v) is 7.20. The monoisotopic (exact) mass is 305 g/mol. The molecule has 0 amide bonds. The van der Waals surface area contributed by atoms with Crippen LogP contribution in [0.25, 0.3) is 0 Å². The number of benzene rings is 1. The topological polar surface area (TPSA) is 45.5 Å². The average Bonchev–Trinajstić information content (AvgIpc) is 2.99. The minimum absolute atomic E-state index is 0.753. The Hall–Kier alpha value is -2.01. The van der Waals surface area contributed by atoms with Crippen molar-refractivity contribution in [3.8, 4) is 0 Å². The second-order valence-electron chi connectivity index (χ2n) is 4.73. The van der Waals surface area contributed by atoms with Crippen molar-refractivity contribution >= 4 is 17.6 Å². The maximum absolute atomic E-state index is 5.90. The smallest absolute Gasteiger partial charge is 0.193 e. The summed E-state index contributed by atoms with van der Waals surface area (Å²) in [5.74, 6) is 0.858. The number of hydrogen-bond donors (Lipinski definition) is 1. The fourth-order valence-corrected chi connectivity index (χ4v) is 2.16. The molecule has 0 aliphatic heterocycles. The van der Waals surface area contributed by atoms with E-state index in [1.54, 1.807) is 13.2 Å². The molecule has 0 saturated heterocycles. The predicted molar refractivity (Wildman–Crippen MR) is 86.5 cm³/mol. The summed E-state index contributed by atoms with van der Waals surface area (Å²) in [5.41, 5.74) is 1.19. The van der Waals surface area contributed by atoms with Gasteiger partial charge in [-0.2, -0.15) is 5.10 Å². The zero-order chi connectivity index (χ0) is 15.1. The van der Waals surface area contributed by atoms with Gasteiger partial charge in [-0.15, -0.1) is 0 Å². The van der Waals surface area contributed by atoms with Crippen molar-refractivity contribution in [3.63, 3.8) is 0 Å². The first-order valence-electron chi connectivity index (χ1n) is 6.82. The first-order chi connectivity index (χ1) is 10.2. The van der Waals surface area contributed by atoms with Crippen molar-refractivity contribution in [2.24, 2.45) is 4.99 Å². The van der Waals surface area contributed by atoms with Gasteiger partial charge in [0.05, 0.1) is 6.54 Å². The second kappa shape index (κ2) is 7.69. The zero-order valence-electron chi connectivity index (χ0n) is 12.3. The molecular formula is C15H20ClN5. The number of hydrogen-bond acceptors (Lipinski definition) is 2. The molecule has 0 unspecified atom stereocenters. The number of nitrogens with one attached hydrogen (secondary N) is 1. The predicted octanol–water partition coefficient (Wildman–Crippen LogP) is 2.24. The van der Waals surface area contributed by atoms with Gasteiger partial charge in [0, 0.05) is 44.6 Å². The number of guanidine groups is 1. The Morgan fingerprint density at radius 1 is 1.38 bits per heavy atom. The molecule has 2 aromatic rings. The summed E-state index contributed by atoms with van der Waals surface area (Å²) in [6, 6.07) is 9.77. The van der Waals surface area contributed by atoms with Crippen LogP contribution in [-0.2, 0) is 13.1 Å². The third kappa shape index (κ3) is 4.79. The molecule has 2 rings (SSSR count). The Bertz CT molecular complexity index is 562. The van der Waals surface area contributed by atoms with Crippen LogP contribution in [-0.4, -0.2) is 41.3 Å². The van der Waals surface area contributed by atoms with Crippen LogP contribution >= 0.6 is 11.6 Å². The highest BCUT2D eigenvalue weighted by Crippen LogP contribution is 2.10. The maximum Gasteiger partial charge on any atom is 0.193 e. The van der Waals surface area contributed by atoms with Crippen molar-refractivity contribution in [1.82, 2.24) is 20.0 Å². The third-order valence-electron chi connectivity index (χ3n) is 3.09. The van der Waals surface area contributed by atoms with Gasteiger partial charge in [-0.3, -0.25) is 9.67 Å². The summed E-state index contributed by atoms with van der Waals surface area (Å²) in [5, 5.41) is 8.25. The lowest BCUT2D eigenvalue weighted by Gasteiger charge is -2.22. The largest absolute Gasteiger partial charge is 0.354 e. The quantitative estimate of drug-likeness (QED) is 0.681. The van der Waals surface area contributed by atoms with E-state index in [-0.39, 0.29) is 0 Å². The maximum atomic E-state index is 5.90. The lowest BCUT2D eigenvalue weighted by atomic mass is 10.2. The van der Waals surface area contributed by atoms with Crippen molar-refractivity contribution in [2.75, 3.05) is 20.6 Å². The van der Waals surface area contributed by atoms with E-state index < -0.39 is 0 Å². The Balaban J connectivity index is 1.83. The van der Waals surface area contributed by atoms with Crippen LogP contribution in [0.1, 0.15) is 5.56 Å². The van der Waals surface area contributed by atoms with Gasteiger partial charge in [0.2, 0.25) is 0 Å². The molecule has 1 aromatic carbocycles. The molecule has 21 heavy (non-hydrogen) atoms. The Kier molecular flexibility index (Phi) is 5.63. The van der Waals surface area contributed by atoms with E-state index in [9.17, 15) is 0 Å². The summed E-state index contributed by atoms with van der Waals surface area (Å²) >= 11 is 5.90. The molecule has 0 saturated carbocycles. The molecule has 0 spiro atoms. The van der Waals surface area contributed by atoms with Crippen LogP contribution < -0.4 is 5.32 Å². The van der Waals surface area contributed by atoms with Crippen molar-refractivity contribution in [2.45, 2.75) is 13.1 Å². The molecule has 1 N–H and O–H groups in total. The van der Waals surface area contributed by atoms with Gasteiger partial charge in [-0.05, 0) is 23.8 Å². The van der Waals surface area contributed by atoms with E-state index in [4.69, 9.17) is 11.6 Å². The van der Waals surface area contributed by atoms with Crippen LogP contribution in [0.4, 0.5) is 0 Å². The Morgan fingerprint density at radius 3 is 2.76 bits per heavy atom. The molecule has 0 radical (unpaired) electrons. The molecule has 0 bridgehead atoms. The standard InChI is InChI=1S/C15H20ClN5/c1-17-15(18-9-11-21-10-3-8-19-21)20(2)12-13-4-6-14(16)7-5-13/h3-8,10H,9,11-12H2,1-2H3,(H,17,18). The summed E-state index contributed by atoms with van der Waals surface area (Å²) in [7, 11) is 3.80. The Labute approximate surface area is 130 Å². The van der Waals surface area contributed by atoms with E-state index in [0.29, 0.717) is 0 Å². The fraction of sp³-hybridized carbons (Fsp3) is 0.333. The average molecular weight is 306 g/mol. The van der Waals surface area contributed by atoms with E-state index in [0.717, 1.165) is 30.6 Å². The van der Waals surface area contributed by atoms with Gasteiger partial charge in [0.25, 0.3) is 0 Å². The highest BCUT2D eigenvalue weighted by atomic mass is 35.5. The van der Waals surface area contributed by atoms with Crippen LogP contribution in [0, 0.1) is 0 Å². The van der Waals surface area contributed by atoms with Crippen molar-refractivity contribution in [1.29, 1.82) is 0 Å². The number of nitrogens with zero attached hydrogens (tertiary/aromatic N) is 4. The van der Waals surface area contributed by atoms with Gasteiger partial charge in [-0.25, -0.2) is 0 Å². The Morgan fingerprint density at radius 2 is 2.14 bits per heavy atom. The van der Waals surface area contributed by atoms with E-state index in [1.807, 2.05) is 48.3 Å². The van der Waals surface area contributed by atoms with Crippen molar-refractivity contribution in [3.05, 3.63) is 53.3 Å². The molecule has 112 valence electrons. The van der Waals surface area contributed by atoms with Crippen LogP contribution in [0.15, 0.2) is 47.7 Å². The molecule has 0 atom stereocenters. The first kappa shape index (κ1) is 15.4. The summed E-state index contributed by atoms with van der Waals surface area (Å²) in [6.45, 7) is 2.36. The number of aromatic nitrogens is 2. The minimum Gasteiger partial charge on any atom is -0.354 e. The molecule has 0 fully saturated rings. The van der Waals surface area contributed by atoms with Gasteiger partial charge in [-0.1, -0.05) is 23.7 Å². The molecule has 0 aliphatic carbocycles. The number of halogens is 1. The van der Waals surface area contributed by atoms with E-state index >= 15 is 0 Å². The molecular weight excluding hydrogens is 286 g/mol. The van der Waals surface area contributed by atoms with Gasteiger partial charge in [0.15, 0.2) is 5.96 Å². The highest BCUT2D eigenvalue weighted by molar-refractivity contribution is 6.30. The molecule has 1 aromatic heterocycles. The van der Waals surface area contributed by atoms with Gasteiger partial charge in [0.1, 0.15) is 0 Å². The van der Waals surface area contributed by atoms with Crippen LogP contribution in [0.5, 0.6) is 0 Å². The number of rotatable bonds is 5. The highest BCUT2D eigenvalue weighted by Gasteiger charge is 2.06. The SMILES string of the molecule is CN=C(NCCn1cccn1)N(C)Cc1ccc(Cl)cc1. The minimum atomic E-state index is 0.753. The molecule has 5 nitrogen and oxygen atoms in total. The van der Waals surface area contributed by atoms with Gasteiger partial charge >= 0.3 is 0 Å². The molecule has 1 heterocycles. The van der Waals surface area contributed by atoms with Crippen molar-refractivity contribution < 1.29 is 0 Å². The third-order valence-corrected chi connectivity index (χ3v) is 3.34. The second-order valence-corrected chi connectivity index (χ2v) is 5.16. The zero-order valence-corrected chi connectivity index (χ0v) is 13.1. The summed E-state index contributed by atoms with van der Waals surface area (Å²) < 4.78 is 1.89. The summed E-state index contributed by atoms with van der Waals surface area (Å²) in [4.78, 5) is 6.37. The van der Waals surface area contributed by atoms with E-state index in [1.165, 1.54) is 5.56 Å². The van der Waals surface area contributed by atoms with Crippen LogP contribution in [0.3, 0.4) is 0 Å². The normalized spacial score (nSPS) is 11.5. The van der Waals surface area contributed by atoms with E-state index in [2.05, 4.69) is 20.3 Å². The van der Waals surface area contributed by atoms with Crippen LogP contribution in [0.2, 0.25) is 5.02 Å². The fourth-order valence-electron chi connectivity index (χ4n) is 2.04. The molecule has 6 heteroatoms. The molecule has 0 aliphatic rings. The lowest BCUT2D eigenvalue weighted by Crippen LogP contribution is -2.39. The lowest BCUT2D eigenvalue weighted by molar-refractivity contribution is 0.470. The summed E-state index contributed by atoms with van der Waals surface area (Å²) in [6.07, 6.45) is 3.73. The number of aliphatic imine (C=N–C) groups is 1. The van der Waals surface area contributed by atoms with Gasteiger partial charge < -0.3 is 10.2 Å².